The standard InChI is InChI=1S/C19H17FN2O/c1-12-15-11-14(20)8-9-16(15)21-18(12)19(23)22-10-4-6-13-5-2-3-7-17(13)22/h2-3,5,7-9,11,21H,4,6,10H2,1H3. The van der Waals surface area contributed by atoms with E-state index in [1.54, 1.807) is 6.07 Å². The van der Waals surface area contributed by atoms with Crippen molar-refractivity contribution in [2.24, 2.45) is 0 Å². The van der Waals surface area contributed by atoms with Crippen LogP contribution in [0.2, 0.25) is 0 Å². The van der Waals surface area contributed by atoms with E-state index in [9.17, 15) is 9.18 Å². The lowest BCUT2D eigenvalue weighted by Crippen LogP contribution is -2.36. The fraction of sp³-hybridized carbons (Fsp3) is 0.211. The van der Waals surface area contributed by atoms with E-state index in [4.69, 9.17) is 0 Å². The highest BCUT2D eigenvalue weighted by atomic mass is 19.1. The molecule has 0 saturated carbocycles. The van der Waals surface area contributed by atoms with Crippen molar-refractivity contribution in [3.05, 3.63) is 65.1 Å². The number of aromatic nitrogens is 1. The average Bonchev–Trinajstić information content (AvgIpc) is 2.90. The van der Waals surface area contributed by atoms with E-state index in [2.05, 4.69) is 11.1 Å². The van der Waals surface area contributed by atoms with Gasteiger partial charge in [-0.15, -0.1) is 0 Å². The van der Waals surface area contributed by atoms with Crippen molar-refractivity contribution in [2.45, 2.75) is 19.8 Å². The number of hydrogen-bond acceptors (Lipinski definition) is 1. The van der Waals surface area contributed by atoms with Crippen molar-refractivity contribution in [3.8, 4) is 0 Å². The molecule has 3 nitrogen and oxygen atoms in total. The Balaban J connectivity index is 1.80. The zero-order valence-electron chi connectivity index (χ0n) is 12.9. The lowest BCUT2D eigenvalue weighted by molar-refractivity contribution is 0.0980. The molecule has 0 atom stereocenters. The third-order valence-electron chi connectivity index (χ3n) is 4.59. The molecule has 23 heavy (non-hydrogen) atoms. The van der Waals surface area contributed by atoms with E-state index in [1.165, 1.54) is 17.7 Å². The maximum Gasteiger partial charge on any atom is 0.274 e. The Morgan fingerprint density at radius 1 is 1.22 bits per heavy atom. The maximum absolute atomic E-state index is 13.5. The number of nitrogens with zero attached hydrogens (tertiary/aromatic N) is 1. The van der Waals surface area contributed by atoms with Crippen LogP contribution in [0.25, 0.3) is 10.9 Å². The van der Waals surface area contributed by atoms with Crippen LogP contribution in [-0.2, 0) is 6.42 Å². The summed E-state index contributed by atoms with van der Waals surface area (Å²) < 4.78 is 13.5. The summed E-state index contributed by atoms with van der Waals surface area (Å²) in [4.78, 5) is 18.0. The van der Waals surface area contributed by atoms with Gasteiger partial charge in [0.2, 0.25) is 0 Å². The van der Waals surface area contributed by atoms with Crippen molar-refractivity contribution in [3.63, 3.8) is 0 Å². The Hall–Kier alpha value is -2.62. The van der Waals surface area contributed by atoms with E-state index in [0.29, 0.717) is 12.2 Å². The number of rotatable bonds is 1. The zero-order chi connectivity index (χ0) is 16.0. The Morgan fingerprint density at radius 2 is 2.04 bits per heavy atom. The van der Waals surface area contributed by atoms with Crippen LogP contribution in [0.15, 0.2) is 42.5 Å². The molecule has 0 bridgehead atoms. The van der Waals surface area contributed by atoms with Crippen LogP contribution in [0, 0.1) is 12.7 Å². The van der Waals surface area contributed by atoms with E-state index in [1.807, 2.05) is 30.0 Å². The van der Waals surface area contributed by atoms with Gasteiger partial charge in [0.1, 0.15) is 11.5 Å². The first-order valence-corrected chi connectivity index (χ1v) is 7.83. The number of aromatic amines is 1. The Morgan fingerprint density at radius 3 is 2.91 bits per heavy atom. The number of fused-ring (bicyclic) bond motifs is 2. The van der Waals surface area contributed by atoms with Crippen LogP contribution in [0.1, 0.15) is 28.0 Å². The second-order valence-corrected chi connectivity index (χ2v) is 6.00. The molecule has 1 aliphatic heterocycles. The van der Waals surface area contributed by atoms with Crippen LogP contribution >= 0.6 is 0 Å². The summed E-state index contributed by atoms with van der Waals surface area (Å²) in [6.45, 7) is 2.57. The smallest absolute Gasteiger partial charge is 0.274 e. The monoisotopic (exact) mass is 308 g/mol. The first kappa shape index (κ1) is 14.0. The number of carbonyl (C=O) groups excluding carboxylic acids is 1. The van der Waals surface area contributed by atoms with Gasteiger partial charge in [0, 0.05) is 23.1 Å². The molecule has 116 valence electrons. The van der Waals surface area contributed by atoms with Gasteiger partial charge in [0.05, 0.1) is 0 Å². The minimum Gasteiger partial charge on any atom is -0.350 e. The van der Waals surface area contributed by atoms with Crippen LogP contribution in [-0.4, -0.2) is 17.4 Å². The molecular weight excluding hydrogens is 291 g/mol. The predicted molar refractivity (Wildman–Crippen MR) is 89.4 cm³/mol. The summed E-state index contributed by atoms with van der Waals surface area (Å²) in [5.74, 6) is -0.340. The molecule has 1 N–H and O–H groups in total. The fourth-order valence-electron chi connectivity index (χ4n) is 3.39. The highest BCUT2D eigenvalue weighted by Gasteiger charge is 2.26. The van der Waals surface area contributed by atoms with E-state index >= 15 is 0 Å². The topological polar surface area (TPSA) is 36.1 Å². The number of benzene rings is 2. The van der Waals surface area contributed by atoms with Crippen molar-refractivity contribution < 1.29 is 9.18 Å². The first-order chi connectivity index (χ1) is 11.1. The van der Waals surface area contributed by atoms with Gasteiger partial charge < -0.3 is 9.88 Å². The van der Waals surface area contributed by atoms with Gasteiger partial charge in [-0.1, -0.05) is 18.2 Å². The summed E-state index contributed by atoms with van der Waals surface area (Å²) in [7, 11) is 0. The minimum atomic E-state index is -0.290. The molecule has 0 fully saturated rings. The third-order valence-corrected chi connectivity index (χ3v) is 4.59. The molecule has 1 aromatic heterocycles. The number of aryl methyl sites for hydroxylation is 2. The predicted octanol–water partition coefficient (Wildman–Crippen LogP) is 4.21. The Bertz CT molecular complexity index is 913. The number of halogens is 1. The molecule has 2 aromatic carbocycles. The quantitative estimate of drug-likeness (QED) is 0.718. The first-order valence-electron chi connectivity index (χ1n) is 7.83. The van der Waals surface area contributed by atoms with Gasteiger partial charge in [-0.3, -0.25) is 4.79 Å². The SMILES string of the molecule is Cc1c(C(=O)N2CCCc3ccccc32)[nH]c2ccc(F)cc12. The number of carbonyl (C=O) groups is 1. The zero-order valence-corrected chi connectivity index (χ0v) is 12.9. The number of hydrogen-bond donors (Lipinski definition) is 1. The third kappa shape index (κ3) is 2.22. The summed E-state index contributed by atoms with van der Waals surface area (Å²) >= 11 is 0. The van der Waals surface area contributed by atoms with Gasteiger partial charge in [-0.05, 0) is 55.2 Å². The van der Waals surface area contributed by atoms with Crippen molar-refractivity contribution >= 4 is 22.5 Å². The summed E-state index contributed by atoms with van der Waals surface area (Å²) in [5.41, 5.74) is 4.31. The largest absolute Gasteiger partial charge is 0.350 e. The number of H-pyrrole nitrogens is 1. The van der Waals surface area contributed by atoms with Crippen LogP contribution < -0.4 is 4.90 Å². The van der Waals surface area contributed by atoms with Gasteiger partial charge in [-0.25, -0.2) is 4.39 Å². The summed E-state index contributed by atoms with van der Waals surface area (Å²) in [6.07, 6.45) is 1.95. The lowest BCUT2D eigenvalue weighted by Gasteiger charge is -2.29. The Kier molecular flexibility index (Phi) is 3.18. The number of anilines is 1. The molecule has 4 heteroatoms. The highest BCUT2D eigenvalue weighted by molar-refractivity contribution is 6.09. The van der Waals surface area contributed by atoms with E-state index in [-0.39, 0.29) is 11.7 Å². The van der Waals surface area contributed by atoms with Crippen LogP contribution in [0.5, 0.6) is 0 Å². The van der Waals surface area contributed by atoms with Crippen molar-refractivity contribution in [1.82, 2.24) is 4.98 Å². The van der Waals surface area contributed by atoms with Gasteiger partial charge >= 0.3 is 0 Å². The van der Waals surface area contributed by atoms with Crippen molar-refractivity contribution in [2.75, 3.05) is 11.4 Å². The number of para-hydroxylation sites is 1. The minimum absolute atomic E-state index is 0.0498. The lowest BCUT2D eigenvalue weighted by atomic mass is 10.0. The summed E-state index contributed by atoms with van der Waals surface area (Å²) in [5, 5.41) is 0.763. The van der Waals surface area contributed by atoms with Gasteiger partial charge in [-0.2, -0.15) is 0 Å². The molecule has 0 radical (unpaired) electrons. The molecule has 0 unspecified atom stereocenters. The molecular formula is C19H17FN2O. The van der Waals surface area contributed by atoms with Gasteiger partial charge in [0.15, 0.2) is 0 Å². The molecule has 3 aromatic rings. The van der Waals surface area contributed by atoms with Crippen LogP contribution in [0.4, 0.5) is 10.1 Å². The number of amides is 1. The van der Waals surface area contributed by atoms with Gasteiger partial charge in [0.25, 0.3) is 5.91 Å². The number of nitrogens with one attached hydrogen (secondary N) is 1. The fourth-order valence-corrected chi connectivity index (χ4v) is 3.39. The summed E-state index contributed by atoms with van der Waals surface area (Å²) in [6, 6.07) is 12.6. The molecule has 4 rings (SSSR count). The Labute approximate surface area is 133 Å². The van der Waals surface area contributed by atoms with E-state index < -0.39 is 0 Å². The highest BCUT2D eigenvalue weighted by Crippen LogP contribution is 2.30. The van der Waals surface area contributed by atoms with Crippen LogP contribution in [0.3, 0.4) is 0 Å². The second kappa shape index (κ2) is 5.23. The normalized spacial score (nSPS) is 14.1. The average molecular weight is 308 g/mol. The molecule has 1 aliphatic rings. The van der Waals surface area contributed by atoms with E-state index in [0.717, 1.165) is 35.0 Å². The second-order valence-electron chi connectivity index (χ2n) is 6.00. The molecule has 1 amide bonds. The molecule has 2 heterocycles. The maximum atomic E-state index is 13.5. The molecule has 0 saturated heterocycles. The molecule has 0 aliphatic carbocycles. The molecule has 0 spiro atoms. The van der Waals surface area contributed by atoms with Crippen molar-refractivity contribution in [1.29, 1.82) is 0 Å².